The van der Waals surface area contributed by atoms with E-state index in [2.05, 4.69) is 0 Å². The van der Waals surface area contributed by atoms with Crippen LogP contribution in [0.1, 0.15) is 24.8 Å². The summed E-state index contributed by atoms with van der Waals surface area (Å²) in [5.41, 5.74) is 7.29. The molecule has 0 heterocycles. The zero-order valence-electron chi connectivity index (χ0n) is 8.92. The van der Waals surface area contributed by atoms with Crippen molar-refractivity contribution in [1.29, 1.82) is 0 Å². The average Bonchev–Trinajstić information content (AvgIpc) is 2.95. The predicted molar refractivity (Wildman–Crippen MR) is 62.5 cm³/mol. The number of halogens is 1. The van der Waals surface area contributed by atoms with Gasteiger partial charge in [-0.1, -0.05) is 17.7 Å². The highest BCUT2D eigenvalue weighted by Crippen LogP contribution is 2.37. The Morgan fingerprint density at radius 2 is 2.20 bits per heavy atom. The Balaban J connectivity index is 2.01. The van der Waals surface area contributed by atoms with Gasteiger partial charge in [0, 0.05) is 10.6 Å². The van der Waals surface area contributed by atoms with E-state index in [1.165, 1.54) is 0 Å². The highest BCUT2D eigenvalue weighted by Gasteiger charge is 2.37. The lowest BCUT2D eigenvalue weighted by atomic mass is 10.0. The van der Waals surface area contributed by atoms with Crippen LogP contribution >= 0.6 is 11.6 Å². The SMILES string of the molecule is COc1ccc(CCC2(N)CC2)c(Cl)c1. The fourth-order valence-corrected chi connectivity index (χ4v) is 1.92. The normalized spacial score (nSPS) is 17.5. The van der Waals surface area contributed by atoms with Crippen LogP contribution in [0.4, 0.5) is 0 Å². The Morgan fingerprint density at radius 3 is 2.73 bits per heavy atom. The monoisotopic (exact) mass is 225 g/mol. The minimum atomic E-state index is 0.100. The third-order valence-corrected chi connectivity index (χ3v) is 3.40. The van der Waals surface area contributed by atoms with Gasteiger partial charge in [-0.3, -0.25) is 0 Å². The Kier molecular flexibility index (Phi) is 2.89. The molecule has 1 aromatic rings. The summed E-state index contributed by atoms with van der Waals surface area (Å²) < 4.78 is 5.10. The number of hydrogen-bond donors (Lipinski definition) is 1. The first kappa shape index (κ1) is 10.8. The van der Waals surface area contributed by atoms with Crippen LogP contribution in [0.3, 0.4) is 0 Å². The first-order valence-corrected chi connectivity index (χ1v) is 5.62. The molecule has 0 bridgehead atoms. The molecular weight excluding hydrogens is 210 g/mol. The number of nitrogens with two attached hydrogens (primary N) is 1. The van der Waals surface area contributed by atoms with Crippen LogP contribution in [-0.2, 0) is 6.42 Å². The fourth-order valence-electron chi connectivity index (χ4n) is 1.65. The maximum atomic E-state index is 6.14. The number of rotatable bonds is 4. The van der Waals surface area contributed by atoms with E-state index < -0.39 is 0 Å². The standard InChI is InChI=1S/C12H16ClNO/c1-15-10-3-2-9(11(13)8-10)4-5-12(14)6-7-12/h2-3,8H,4-7,14H2,1H3. The molecule has 0 aromatic heterocycles. The molecule has 15 heavy (non-hydrogen) atoms. The molecule has 2 rings (SSSR count). The van der Waals surface area contributed by atoms with E-state index >= 15 is 0 Å². The molecule has 1 aliphatic rings. The average molecular weight is 226 g/mol. The Labute approximate surface area is 95.4 Å². The summed E-state index contributed by atoms with van der Waals surface area (Å²) in [6.45, 7) is 0. The van der Waals surface area contributed by atoms with Crippen molar-refractivity contribution in [1.82, 2.24) is 0 Å². The van der Waals surface area contributed by atoms with Crippen LogP contribution < -0.4 is 10.5 Å². The summed E-state index contributed by atoms with van der Waals surface area (Å²) in [4.78, 5) is 0. The van der Waals surface area contributed by atoms with Crippen molar-refractivity contribution in [2.24, 2.45) is 5.73 Å². The molecule has 0 spiro atoms. The van der Waals surface area contributed by atoms with E-state index in [-0.39, 0.29) is 5.54 Å². The third-order valence-electron chi connectivity index (χ3n) is 3.04. The summed E-state index contributed by atoms with van der Waals surface area (Å²) >= 11 is 6.14. The Morgan fingerprint density at radius 1 is 1.47 bits per heavy atom. The van der Waals surface area contributed by atoms with Gasteiger partial charge in [-0.15, -0.1) is 0 Å². The minimum Gasteiger partial charge on any atom is -0.497 e. The van der Waals surface area contributed by atoms with Crippen LogP contribution in [0.25, 0.3) is 0 Å². The number of hydrogen-bond acceptors (Lipinski definition) is 2. The number of benzene rings is 1. The molecule has 0 radical (unpaired) electrons. The zero-order chi connectivity index (χ0) is 10.9. The Bertz CT molecular complexity index is 361. The lowest BCUT2D eigenvalue weighted by Gasteiger charge is -2.10. The van der Waals surface area contributed by atoms with Gasteiger partial charge in [0.2, 0.25) is 0 Å². The molecule has 1 saturated carbocycles. The third kappa shape index (κ3) is 2.64. The van der Waals surface area contributed by atoms with Crippen molar-refractivity contribution >= 4 is 11.6 Å². The van der Waals surface area contributed by atoms with E-state index in [9.17, 15) is 0 Å². The topological polar surface area (TPSA) is 35.2 Å². The number of aryl methyl sites for hydroxylation is 1. The number of ether oxygens (including phenoxy) is 1. The summed E-state index contributed by atoms with van der Waals surface area (Å²) in [6, 6.07) is 5.82. The van der Waals surface area contributed by atoms with E-state index in [1.807, 2.05) is 18.2 Å². The summed E-state index contributed by atoms with van der Waals surface area (Å²) in [6.07, 6.45) is 4.29. The van der Waals surface area contributed by atoms with Gasteiger partial charge in [-0.05, 0) is 43.4 Å². The molecule has 82 valence electrons. The van der Waals surface area contributed by atoms with Gasteiger partial charge in [-0.25, -0.2) is 0 Å². The fraction of sp³-hybridized carbons (Fsp3) is 0.500. The van der Waals surface area contributed by atoms with Gasteiger partial charge < -0.3 is 10.5 Å². The molecule has 0 amide bonds. The first-order chi connectivity index (χ1) is 7.13. The molecule has 0 atom stereocenters. The van der Waals surface area contributed by atoms with Crippen molar-refractivity contribution < 1.29 is 4.74 Å². The summed E-state index contributed by atoms with van der Waals surface area (Å²) in [5, 5.41) is 0.776. The second-order valence-electron chi connectivity index (χ2n) is 4.32. The van der Waals surface area contributed by atoms with Crippen molar-refractivity contribution in [2.45, 2.75) is 31.2 Å². The molecule has 2 nitrogen and oxygen atoms in total. The summed E-state index contributed by atoms with van der Waals surface area (Å²) in [5.74, 6) is 0.803. The van der Waals surface area contributed by atoms with Gasteiger partial charge in [0.1, 0.15) is 5.75 Å². The highest BCUT2D eigenvalue weighted by molar-refractivity contribution is 6.31. The smallest absolute Gasteiger partial charge is 0.120 e. The van der Waals surface area contributed by atoms with Gasteiger partial charge in [0.25, 0.3) is 0 Å². The van der Waals surface area contributed by atoms with Crippen LogP contribution in [0.5, 0.6) is 5.75 Å². The van der Waals surface area contributed by atoms with Gasteiger partial charge in [-0.2, -0.15) is 0 Å². The first-order valence-electron chi connectivity index (χ1n) is 5.24. The van der Waals surface area contributed by atoms with Crippen molar-refractivity contribution in [3.8, 4) is 5.75 Å². The zero-order valence-corrected chi connectivity index (χ0v) is 9.68. The largest absolute Gasteiger partial charge is 0.497 e. The van der Waals surface area contributed by atoms with Crippen LogP contribution in [0.15, 0.2) is 18.2 Å². The van der Waals surface area contributed by atoms with Crippen LogP contribution in [0, 0.1) is 0 Å². The Hall–Kier alpha value is -0.730. The molecule has 2 N–H and O–H groups in total. The van der Waals surface area contributed by atoms with Crippen LogP contribution in [0.2, 0.25) is 5.02 Å². The van der Waals surface area contributed by atoms with Crippen LogP contribution in [-0.4, -0.2) is 12.6 Å². The molecule has 0 unspecified atom stereocenters. The quantitative estimate of drug-likeness (QED) is 0.855. The molecule has 0 aliphatic heterocycles. The van der Waals surface area contributed by atoms with Crippen molar-refractivity contribution in [2.75, 3.05) is 7.11 Å². The van der Waals surface area contributed by atoms with E-state index in [0.29, 0.717) is 0 Å². The maximum Gasteiger partial charge on any atom is 0.120 e. The second-order valence-corrected chi connectivity index (χ2v) is 4.73. The second kappa shape index (κ2) is 4.03. The maximum absolute atomic E-state index is 6.14. The van der Waals surface area contributed by atoms with Gasteiger partial charge >= 0.3 is 0 Å². The molecule has 1 aliphatic carbocycles. The minimum absolute atomic E-state index is 0.100. The van der Waals surface area contributed by atoms with Crippen molar-refractivity contribution in [3.63, 3.8) is 0 Å². The van der Waals surface area contributed by atoms with E-state index in [1.54, 1.807) is 7.11 Å². The highest BCUT2D eigenvalue weighted by atomic mass is 35.5. The lowest BCUT2D eigenvalue weighted by molar-refractivity contribution is 0.414. The predicted octanol–water partition coefficient (Wildman–Crippen LogP) is 2.77. The molecule has 1 fully saturated rings. The molecule has 3 heteroatoms. The van der Waals surface area contributed by atoms with Gasteiger partial charge in [0.05, 0.1) is 7.11 Å². The summed E-state index contributed by atoms with van der Waals surface area (Å²) in [7, 11) is 1.64. The lowest BCUT2D eigenvalue weighted by Crippen LogP contribution is -2.22. The molecular formula is C12H16ClNO. The van der Waals surface area contributed by atoms with E-state index in [0.717, 1.165) is 42.0 Å². The van der Waals surface area contributed by atoms with Crippen molar-refractivity contribution in [3.05, 3.63) is 28.8 Å². The molecule has 0 saturated heterocycles. The van der Waals surface area contributed by atoms with E-state index in [4.69, 9.17) is 22.1 Å². The number of methoxy groups -OCH3 is 1. The van der Waals surface area contributed by atoms with Gasteiger partial charge in [0.15, 0.2) is 0 Å². The molecule has 1 aromatic carbocycles.